The average molecular weight is 680 g/mol. The first kappa shape index (κ1) is 34.9. The molecule has 0 aliphatic carbocycles. The summed E-state index contributed by atoms with van der Waals surface area (Å²) in [4.78, 5) is 13.0. The number of amides is 2. The molecule has 5 rings (SSSR count). The Kier molecular flexibility index (Phi) is 9.10. The van der Waals surface area contributed by atoms with Gasteiger partial charge in [-0.05, 0) is 67.6 Å². The van der Waals surface area contributed by atoms with E-state index in [1.807, 2.05) is 37.4 Å². The molecule has 0 saturated heterocycles. The quantitative estimate of drug-likeness (QED) is 0.192. The molecular formula is C34H33F8N5O. The zero-order valence-corrected chi connectivity index (χ0v) is 26.5. The minimum Gasteiger partial charge on any atom is -0.351 e. The molecule has 3 aromatic carbocycles. The van der Waals surface area contributed by atoms with E-state index in [4.69, 9.17) is 10.8 Å². The van der Waals surface area contributed by atoms with Crippen LogP contribution in [0.2, 0.25) is 0 Å². The molecule has 4 aromatic rings. The Morgan fingerprint density at radius 1 is 0.917 bits per heavy atom. The van der Waals surface area contributed by atoms with Crippen molar-refractivity contribution >= 4 is 11.7 Å². The molecule has 256 valence electrons. The lowest BCUT2D eigenvalue weighted by molar-refractivity contribution is -0.142. The minimum atomic E-state index is -4.93. The van der Waals surface area contributed by atoms with Crippen molar-refractivity contribution in [2.75, 3.05) is 5.32 Å². The number of primary amides is 1. The van der Waals surface area contributed by atoms with E-state index in [9.17, 15) is 31.1 Å². The molecule has 0 atom stereocenters. The van der Waals surface area contributed by atoms with Gasteiger partial charge in [0.05, 0.1) is 33.9 Å². The van der Waals surface area contributed by atoms with E-state index in [1.165, 1.54) is 4.68 Å². The Hall–Kier alpha value is -4.46. The molecule has 3 N–H and O–H groups in total. The highest BCUT2D eigenvalue weighted by atomic mass is 19.4. The van der Waals surface area contributed by atoms with Crippen molar-refractivity contribution in [1.82, 2.24) is 14.7 Å². The standard InChI is InChI=1S/C34H33F8N5O/c1-5-18-8-7-9-19(6-2)29(18)47-30(22-13-26(36)27(14-25(22)35)44-31(43)48)23-17-46(32(3,4)15-28(23)45-47)16-20-12-21(33(37,38)39)10-11-24(20)34(40,41)42/h7-14H,5-6,15-17H2,1-4H3,(H3,43,44,48). The maximum Gasteiger partial charge on any atom is 0.416 e. The topological polar surface area (TPSA) is 76.2 Å². The second-order valence-corrected chi connectivity index (χ2v) is 12.3. The third kappa shape index (κ3) is 6.62. The minimum absolute atomic E-state index is 0.128. The average Bonchev–Trinajstić information content (AvgIpc) is 3.33. The fraction of sp³-hybridized carbons (Fsp3) is 0.353. The fourth-order valence-corrected chi connectivity index (χ4v) is 6.27. The van der Waals surface area contributed by atoms with Crippen LogP contribution in [0, 0.1) is 11.6 Å². The predicted molar refractivity (Wildman–Crippen MR) is 164 cm³/mol. The zero-order valence-electron chi connectivity index (χ0n) is 26.5. The second kappa shape index (κ2) is 12.5. The van der Waals surface area contributed by atoms with Crippen LogP contribution in [-0.4, -0.2) is 26.3 Å². The van der Waals surface area contributed by atoms with Gasteiger partial charge in [0, 0.05) is 42.2 Å². The van der Waals surface area contributed by atoms with Crippen molar-refractivity contribution in [2.24, 2.45) is 5.73 Å². The van der Waals surface area contributed by atoms with E-state index in [-0.39, 0.29) is 24.2 Å². The van der Waals surface area contributed by atoms with Crippen LogP contribution in [-0.2, 0) is 44.7 Å². The number of para-hydroxylation sites is 1. The molecule has 1 aliphatic heterocycles. The smallest absolute Gasteiger partial charge is 0.351 e. The van der Waals surface area contributed by atoms with Gasteiger partial charge in [-0.2, -0.15) is 31.4 Å². The number of nitrogens with zero attached hydrogens (tertiary/aromatic N) is 3. The van der Waals surface area contributed by atoms with E-state index in [2.05, 4.69) is 0 Å². The van der Waals surface area contributed by atoms with Crippen LogP contribution >= 0.6 is 0 Å². The first-order valence-electron chi connectivity index (χ1n) is 15.2. The van der Waals surface area contributed by atoms with Gasteiger partial charge in [-0.15, -0.1) is 0 Å². The van der Waals surface area contributed by atoms with E-state index in [0.717, 1.165) is 23.3 Å². The van der Waals surface area contributed by atoms with E-state index >= 15 is 8.78 Å². The van der Waals surface area contributed by atoms with Crippen LogP contribution in [0.25, 0.3) is 16.9 Å². The Labute approximate surface area is 271 Å². The van der Waals surface area contributed by atoms with E-state index in [0.29, 0.717) is 48.0 Å². The van der Waals surface area contributed by atoms with Crippen molar-refractivity contribution in [1.29, 1.82) is 0 Å². The summed E-state index contributed by atoms with van der Waals surface area (Å²) < 4.78 is 116. The third-order valence-electron chi connectivity index (χ3n) is 8.72. The lowest BCUT2D eigenvalue weighted by Gasteiger charge is -2.42. The van der Waals surface area contributed by atoms with Gasteiger partial charge in [0.15, 0.2) is 0 Å². The number of hydrogen-bond donors (Lipinski definition) is 2. The first-order chi connectivity index (χ1) is 22.3. The first-order valence-corrected chi connectivity index (χ1v) is 15.2. The van der Waals surface area contributed by atoms with Crippen LogP contribution in [0.3, 0.4) is 0 Å². The van der Waals surface area contributed by atoms with Crippen molar-refractivity contribution in [3.63, 3.8) is 0 Å². The summed E-state index contributed by atoms with van der Waals surface area (Å²) in [6, 6.07) is 7.49. The van der Waals surface area contributed by atoms with Crippen molar-refractivity contribution < 1.29 is 39.9 Å². The Morgan fingerprint density at radius 3 is 2.12 bits per heavy atom. The summed E-state index contributed by atoms with van der Waals surface area (Å²) in [6.07, 6.45) is -8.57. The van der Waals surface area contributed by atoms with Gasteiger partial charge in [-0.3, -0.25) is 4.90 Å². The molecule has 14 heteroatoms. The number of nitrogens with two attached hydrogens (primary N) is 1. The summed E-state index contributed by atoms with van der Waals surface area (Å²) in [6.45, 7) is 6.63. The van der Waals surface area contributed by atoms with Crippen LogP contribution in [0.15, 0.2) is 48.5 Å². The number of anilines is 1. The normalized spacial score (nSPS) is 15.0. The number of hydrogen-bond acceptors (Lipinski definition) is 3. The van der Waals surface area contributed by atoms with E-state index in [1.54, 1.807) is 18.7 Å². The SMILES string of the molecule is CCc1cccc(CC)c1-n1nc2c(c1-c1cc(F)c(NC(N)=O)cc1F)CN(Cc1cc(C(F)(F)F)ccc1C(F)(F)F)C(C)(C)C2. The largest absolute Gasteiger partial charge is 0.416 e. The van der Waals surface area contributed by atoms with Crippen LogP contribution in [0.1, 0.15) is 66.8 Å². The molecule has 1 aliphatic rings. The lowest BCUT2D eigenvalue weighted by atomic mass is 9.86. The summed E-state index contributed by atoms with van der Waals surface area (Å²) in [5.74, 6) is -1.94. The molecule has 48 heavy (non-hydrogen) atoms. The number of carbonyl (C=O) groups is 1. The molecule has 0 saturated carbocycles. The highest BCUT2D eigenvalue weighted by Crippen LogP contribution is 2.43. The second-order valence-electron chi connectivity index (χ2n) is 12.3. The number of halogens is 8. The lowest BCUT2D eigenvalue weighted by Crippen LogP contribution is -2.48. The summed E-state index contributed by atoms with van der Waals surface area (Å²) in [5, 5.41) is 6.91. The molecule has 2 heterocycles. The van der Waals surface area contributed by atoms with Crippen molar-refractivity contribution in [2.45, 2.75) is 77.9 Å². The highest BCUT2D eigenvalue weighted by Gasteiger charge is 2.41. The zero-order chi connectivity index (χ0) is 35.3. The monoisotopic (exact) mass is 679 g/mol. The van der Waals surface area contributed by atoms with Crippen LogP contribution in [0.5, 0.6) is 0 Å². The predicted octanol–water partition coefficient (Wildman–Crippen LogP) is 8.81. The number of carbonyl (C=O) groups excluding carboxylic acids is 1. The number of nitrogens with one attached hydrogen (secondary N) is 1. The third-order valence-corrected chi connectivity index (χ3v) is 8.72. The summed E-state index contributed by atoms with van der Waals surface area (Å²) >= 11 is 0. The summed E-state index contributed by atoms with van der Waals surface area (Å²) in [7, 11) is 0. The number of rotatable bonds is 7. The number of aryl methyl sites for hydroxylation is 2. The molecule has 0 fully saturated rings. The van der Waals surface area contributed by atoms with Crippen LogP contribution < -0.4 is 11.1 Å². The number of aromatic nitrogens is 2. The number of alkyl halides is 6. The Balaban J connectivity index is 1.74. The Bertz CT molecular complexity index is 1850. The molecule has 0 radical (unpaired) electrons. The van der Waals surface area contributed by atoms with Crippen molar-refractivity contribution in [3.8, 4) is 16.9 Å². The molecule has 0 bridgehead atoms. The van der Waals surface area contributed by atoms with Gasteiger partial charge in [0.2, 0.25) is 0 Å². The molecule has 0 unspecified atom stereocenters. The maximum atomic E-state index is 16.0. The molecule has 1 aromatic heterocycles. The van der Waals surface area contributed by atoms with Crippen LogP contribution in [0.4, 0.5) is 45.6 Å². The molecule has 2 amide bonds. The number of benzene rings is 3. The molecule has 6 nitrogen and oxygen atoms in total. The number of fused-ring (bicyclic) bond motifs is 1. The number of urea groups is 1. The van der Waals surface area contributed by atoms with Gasteiger partial charge < -0.3 is 11.1 Å². The summed E-state index contributed by atoms with van der Waals surface area (Å²) in [5.41, 5.74) is 3.75. The van der Waals surface area contributed by atoms with Gasteiger partial charge in [-0.25, -0.2) is 18.3 Å². The van der Waals surface area contributed by atoms with Gasteiger partial charge in [0.25, 0.3) is 0 Å². The fourth-order valence-electron chi connectivity index (χ4n) is 6.27. The maximum absolute atomic E-state index is 16.0. The van der Waals surface area contributed by atoms with Gasteiger partial charge in [-0.1, -0.05) is 32.0 Å². The van der Waals surface area contributed by atoms with Crippen molar-refractivity contribution in [3.05, 3.63) is 99.2 Å². The van der Waals surface area contributed by atoms with Gasteiger partial charge >= 0.3 is 18.4 Å². The molecule has 0 spiro atoms. The van der Waals surface area contributed by atoms with Gasteiger partial charge in [0.1, 0.15) is 11.6 Å². The Morgan fingerprint density at radius 2 is 1.56 bits per heavy atom. The van der Waals surface area contributed by atoms with E-state index < -0.39 is 64.5 Å². The molecular weight excluding hydrogens is 646 g/mol. The highest BCUT2D eigenvalue weighted by molar-refractivity contribution is 5.88.